The SMILES string of the molecule is FC(F)(F)CCNc1cc(Cl)nn2c(-c3ccc(-c4cnc(C5CC5)[nH]4)cc3)cnc12.Fc1ccc(-c2cc(NCCC(F)(F)F)c3ncc(-c4ccc(-c5cnc(C6CC6)[nH]5)cc4)n3n2)cc1. The van der Waals surface area contributed by atoms with Gasteiger partial charge in [0.2, 0.25) is 0 Å². The number of benzene rings is 3. The first-order chi connectivity index (χ1) is 32.7. The van der Waals surface area contributed by atoms with Crippen molar-refractivity contribution in [3.8, 4) is 56.3 Å². The monoisotopic (exact) mass is 952 g/mol. The van der Waals surface area contributed by atoms with Gasteiger partial charge in [0.1, 0.15) is 17.5 Å². The van der Waals surface area contributed by atoms with Crippen molar-refractivity contribution in [1.82, 2.24) is 49.1 Å². The summed E-state index contributed by atoms with van der Waals surface area (Å²) >= 11 is 6.11. The third-order valence-corrected chi connectivity index (χ3v) is 11.8. The molecule has 2 saturated carbocycles. The first kappa shape index (κ1) is 44.6. The van der Waals surface area contributed by atoms with Crippen molar-refractivity contribution in [1.29, 1.82) is 0 Å². The van der Waals surface area contributed by atoms with Crippen LogP contribution in [0.2, 0.25) is 5.15 Å². The zero-order valence-corrected chi connectivity index (χ0v) is 36.6. The van der Waals surface area contributed by atoms with Crippen molar-refractivity contribution in [2.45, 2.75) is 62.7 Å². The number of fused-ring (bicyclic) bond motifs is 2. The fourth-order valence-electron chi connectivity index (χ4n) is 7.74. The molecule has 0 atom stereocenters. The molecule has 0 spiro atoms. The minimum atomic E-state index is -4.29. The standard InChI is InChI=1S/C27H22F4N6.C21H18ClF3N6/c28-20-9-7-16(8-10-20)21-13-22(32-12-11-27(29,30)31)26-34-15-24(37(26)36-21)18-3-1-17(2-4-18)23-14-33-25(35-23)19-5-6-19;22-18-9-15(26-8-7-21(23,24)25)20-28-11-17(31(20)30-18)13-3-1-12(2-4-13)16-10-27-19(29-16)14-5-6-14/h1-4,7-10,13-15,19,32H,5-6,11-12H2,(H,33,35);1-4,9-11,14,26H,5-8H2,(H,27,29). The van der Waals surface area contributed by atoms with Gasteiger partial charge >= 0.3 is 12.4 Å². The van der Waals surface area contributed by atoms with E-state index >= 15 is 0 Å². The summed E-state index contributed by atoms with van der Waals surface area (Å²) in [5.74, 6) is 2.75. The Labute approximate surface area is 388 Å². The molecule has 0 saturated heterocycles. The van der Waals surface area contributed by atoms with Crippen LogP contribution < -0.4 is 10.6 Å². The maximum absolute atomic E-state index is 13.5. The molecule has 12 nitrogen and oxygen atoms in total. The molecule has 2 aliphatic carbocycles. The number of hydrogen-bond donors (Lipinski definition) is 4. The van der Waals surface area contributed by atoms with Gasteiger partial charge in [-0.3, -0.25) is 0 Å². The Hall–Kier alpha value is -7.28. The van der Waals surface area contributed by atoms with E-state index in [0.29, 0.717) is 57.2 Å². The van der Waals surface area contributed by atoms with Crippen molar-refractivity contribution in [2.24, 2.45) is 0 Å². The lowest BCUT2D eigenvalue weighted by atomic mass is 10.1. The van der Waals surface area contributed by atoms with Gasteiger partial charge in [0.15, 0.2) is 16.4 Å². The Morgan fingerprint density at radius 2 is 0.971 bits per heavy atom. The number of aromatic amines is 2. The molecule has 20 heteroatoms. The van der Waals surface area contributed by atoms with E-state index in [-0.39, 0.29) is 18.2 Å². The van der Waals surface area contributed by atoms with E-state index in [4.69, 9.17) is 16.7 Å². The van der Waals surface area contributed by atoms with Gasteiger partial charge in [-0.2, -0.15) is 36.5 Å². The first-order valence-electron chi connectivity index (χ1n) is 21.8. The van der Waals surface area contributed by atoms with Crippen molar-refractivity contribution in [3.63, 3.8) is 0 Å². The summed E-state index contributed by atoms with van der Waals surface area (Å²) in [6.07, 6.45) is 1.19. The van der Waals surface area contributed by atoms with E-state index in [2.05, 4.69) is 45.6 Å². The lowest BCUT2D eigenvalue weighted by Crippen LogP contribution is -2.15. The molecular formula is C48H40ClF7N12. The maximum atomic E-state index is 13.5. The molecule has 68 heavy (non-hydrogen) atoms. The fourth-order valence-corrected chi connectivity index (χ4v) is 7.92. The van der Waals surface area contributed by atoms with Crippen molar-refractivity contribution >= 4 is 34.3 Å². The van der Waals surface area contributed by atoms with E-state index in [9.17, 15) is 30.7 Å². The van der Waals surface area contributed by atoms with Crippen LogP contribution in [0.4, 0.5) is 42.1 Å². The zero-order valence-electron chi connectivity index (χ0n) is 35.8. The van der Waals surface area contributed by atoms with Gasteiger partial charge in [-0.25, -0.2) is 33.4 Å². The highest BCUT2D eigenvalue weighted by atomic mass is 35.5. The summed E-state index contributed by atoms with van der Waals surface area (Å²) < 4.78 is 92.3. The highest BCUT2D eigenvalue weighted by Gasteiger charge is 2.29. The fraction of sp³-hybridized carbons (Fsp3) is 0.250. The van der Waals surface area contributed by atoms with E-state index in [1.165, 1.54) is 48.4 Å². The number of nitrogens with zero attached hydrogens (tertiary/aromatic N) is 8. The Kier molecular flexibility index (Phi) is 11.8. The minimum absolute atomic E-state index is 0.156. The third kappa shape index (κ3) is 10.2. The lowest BCUT2D eigenvalue weighted by molar-refractivity contribution is -0.132. The average molecular weight is 953 g/mol. The number of aromatic nitrogens is 10. The average Bonchev–Trinajstić information content (AvgIpc) is 4.11. The summed E-state index contributed by atoms with van der Waals surface area (Å²) in [4.78, 5) is 24.5. The predicted molar refractivity (Wildman–Crippen MR) is 245 cm³/mol. The normalized spacial score (nSPS) is 14.1. The Morgan fingerprint density at radius 3 is 1.43 bits per heavy atom. The van der Waals surface area contributed by atoms with Gasteiger partial charge in [0, 0.05) is 47.7 Å². The van der Waals surface area contributed by atoms with E-state index < -0.39 is 31.0 Å². The van der Waals surface area contributed by atoms with Gasteiger partial charge in [-0.15, -0.1) is 0 Å². The van der Waals surface area contributed by atoms with Crippen LogP contribution in [0.1, 0.15) is 62.0 Å². The number of imidazole rings is 4. The Balaban J connectivity index is 0.000000161. The van der Waals surface area contributed by atoms with Gasteiger partial charge in [-0.1, -0.05) is 60.1 Å². The van der Waals surface area contributed by atoms with Crippen LogP contribution in [0.15, 0.2) is 110 Å². The molecule has 3 aromatic carbocycles. The number of H-pyrrole nitrogens is 2. The van der Waals surface area contributed by atoms with Gasteiger partial charge in [0.05, 0.1) is 77.5 Å². The zero-order chi connectivity index (χ0) is 47.2. The molecule has 6 heterocycles. The molecule has 4 N–H and O–H groups in total. The first-order valence-corrected chi connectivity index (χ1v) is 22.2. The molecule has 0 amide bonds. The molecule has 2 fully saturated rings. The molecule has 11 rings (SSSR count). The van der Waals surface area contributed by atoms with Crippen molar-refractivity contribution < 1.29 is 30.7 Å². The number of rotatable bonds is 13. The molecule has 0 radical (unpaired) electrons. The number of nitrogens with one attached hydrogen (secondary N) is 4. The minimum Gasteiger partial charge on any atom is -0.382 e. The largest absolute Gasteiger partial charge is 0.390 e. The van der Waals surface area contributed by atoms with Crippen LogP contribution in [-0.2, 0) is 0 Å². The van der Waals surface area contributed by atoms with Crippen LogP contribution in [0, 0.1) is 5.82 Å². The van der Waals surface area contributed by atoms with Crippen LogP contribution in [0.5, 0.6) is 0 Å². The quantitative estimate of drug-likeness (QED) is 0.0837. The van der Waals surface area contributed by atoms with Crippen molar-refractivity contribution in [2.75, 3.05) is 23.7 Å². The second-order valence-corrected chi connectivity index (χ2v) is 17.1. The van der Waals surface area contributed by atoms with Crippen molar-refractivity contribution in [3.05, 3.63) is 132 Å². The van der Waals surface area contributed by atoms with Crippen LogP contribution in [-0.4, -0.2) is 74.6 Å². The number of alkyl halides is 6. The number of halogens is 8. The van der Waals surface area contributed by atoms with E-state index in [1.807, 2.05) is 60.9 Å². The summed E-state index contributed by atoms with van der Waals surface area (Å²) in [6.45, 7) is -0.584. The smallest absolute Gasteiger partial charge is 0.382 e. The lowest BCUT2D eigenvalue weighted by Gasteiger charge is -2.12. The van der Waals surface area contributed by atoms with Crippen LogP contribution in [0.3, 0.4) is 0 Å². The van der Waals surface area contributed by atoms with E-state index in [1.54, 1.807) is 35.1 Å². The molecular weight excluding hydrogens is 913 g/mol. The summed E-state index contributed by atoms with van der Waals surface area (Å²) in [7, 11) is 0. The molecule has 9 aromatic rings. The molecule has 0 aliphatic heterocycles. The third-order valence-electron chi connectivity index (χ3n) is 11.6. The number of anilines is 2. The Bertz CT molecular complexity index is 3200. The second kappa shape index (κ2) is 18.1. The summed E-state index contributed by atoms with van der Waals surface area (Å²) in [5, 5.41) is 14.7. The highest BCUT2D eigenvalue weighted by molar-refractivity contribution is 6.29. The molecule has 2 aliphatic rings. The van der Waals surface area contributed by atoms with E-state index in [0.717, 1.165) is 45.3 Å². The van der Waals surface area contributed by atoms with Gasteiger partial charge < -0.3 is 20.6 Å². The molecule has 6 aromatic heterocycles. The number of hydrogen-bond acceptors (Lipinski definition) is 8. The molecule has 0 unspecified atom stereocenters. The molecule has 0 bridgehead atoms. The van der Waals surface area contributed by atoms with Crippen LogP contribution >= 0.6 is 11.6 Å². The Morgan fingerprint density at radius 1 is 0.544 bits per heavy atom. The van der Waals surface area contributed by atoms with Gasteiger partial charge in [0.25, 0.3) is 0 Å². The van der Waals surface area contributed by atoms with Crippen LogP contribution in [0.25, 0.3) is 67.6 Å². The summed E-state index contributed by atoms with van der Waals surface area (Å²) in [6, 6.07) is 24.6. The maximum Gasteiger partial charge on any atom is 0.390 e. The predicted octanol–water partition coefficient (Wildman–Crippen LogP) is 12.5. The summed E-state index contributed by atoms with van der Waals surface area (Å²) in [5.41, 5.74) is 9.68. The topological polar surface area (TPSA) is 142 Å². The highest BCUT2D eigenvalue weighted by Crippen LogP contribution is 2.40. The molecule has 348 valence electrons. The van der Waals surface area contributed by atoms with Gasteiger partial charge in [-0.05, 0) is 67.1 Å². The second-order valence-electron chi connectivity index (χ2n) is 16.7.